The first-order chi connectivity index (χ1) is 12.4. The first kappa shape index (κ1) is 17.4. The van der Waals surface area contributed by atoms with Gasteiger partial charge < -0.3 is 9.88 Å². The van der Waals surface area contributed by atoms with E-state index >= 15 is 0 Å². The lowest BCUT2D eigenvalue weighted by Crippen LogP contribution is -2.16. The Kier molecular flexibility index (Phi) is 4.55. The summed E-state index contributed by atoms with van der Waals surface area (Å²) in [6.07, 6.45) is 0. The Morgan fingerprint density at radius 1 is 1.23 bits per heavy atom. The normalized spacial score (nSPS) is 11.8. The van der Waals surface area contributed by atoms with E-state index in [0.717, 1.165) is 16.6 Å². The van der Waals surface area contributed by atoms with E-state index in [4.69, 9.17) is 0 Å². The van der Waals surface area contributed by atoms with Gasteiger partial charge in [0.2, 0.25) is 5.91 Å². The first-order valence-corrected chi connectivity index (χ1v) is 8.15. The zero-order chi connectivity index (χ0) is 18.8. The van der Waals surface area contributed by atoms with Crippen molar-refractivity contribution in [3.05, 3.63) is 59.4 Å². The molecule has 1 heterocycles. The fourth-order valence-electron chi connectivity index (χ4n) is 2.92. The molecule has 0 fully saturated rings. The van der Waals surface area contributed by atoms with Crippen LogP contribution in [0.15, 0.2) is 42.5 Å². The Labute approximate surface area is 151 Å². The SMILES string of the molecule is CC(=O)Nc1cc(C(=O)C(C#N)c2nc3ccccc3n2C)ccc1C. The van der Waals surface area contributed by atoms with Gasteiger partial charge in [-0.15, -0.1) is 0 Å². The van der Waals surface area contributed by atoms with Gasteiger partial charge in [0.25, 0.3) is 0 Å². The van der Waals surface area contributed by atoms with Gasteiger partial charge in [-0.1, -0.05) is 24.3 Å². The minimum absolute atomic E-state index is 0.218. The third kappa shape index (κ3) is 3.07. The smallest absolute Gasteiger partial charge is 0.221 e. The van der Waals surface area contributed by atoms with Gasteiger partial charge in [-0.05, 0) is 30.7 Å². The molecule has 0 saturated carbocycles. The summed E-state index contributed by atoms with van der Waals surface area (Å²) in [6, 6.07) is 14.6. The Hall–Kier alpha value is -3.46. The number of carbonyl (C=O) groups is 2. The lowest BCUT2D eigenvalue weighted by atomic mass is 9.96. The highest BCUT2D eigenvalue weighted by Gasteiger charge is 2.27. The predicted octanol–water partition coefficient (Wildman–Crippen LogP) is 3.33. The summed E-state index contributed by atoms with van der Waals surface area (Å²) in [7, 11) is 1.79. The number of rotatable bonds is 4. The van der Waals surface area contributed by atoms with Crippen LogP contribution in [0.4, 0.5) is 5.69 Å². The van der Waals surface area contributed by atoms with Crippen LogP contribution in [0, 0.1) is 18.3 Å². The number of anilines is 1. The lowest BCUT2D eigenvalue weighted by Gasteiger charge is -2.12. The van der Waals surface area contributed by atoms with E-state index in [-0.39, 0.29) is 11.7 Å². The molecule has 6 heteroatoms. The molecule has 1 N–H and O–H groups in total. The number of nitrogens with zero attached hydrogens (tertiary/aromatic N) is 3. The molecule has 1 atom stereocenters. The summed E-state index contributed by atoms with van der Waals surface area (Å²) in [5, 5.41) is 12.3. The maximum Gasteiger partial charge on any atom is 0.221 e. The van der Waals surface area contributed by atoms with Crippen molar-refractivity contribution in [2.45, 2.75) is 19.8 Å². The molecule has 1 aromatic heterocycles. The molecule has 3 rings (SSSR count). The zero-order valence-corrected chi connectivity index (χ0v) is 14.8. The molecule has 26 heavy (non-hydrogen) atoms. The minimum Gasteiger partial charge on any atom is -0.330 e. The van der Waals surface area contributed by atoms with Crippen LogP contribution in [-0.4, -0.2) is 21.2 Å². The number of aromatic nitrogens is 2. The van der Waals surface area contributed by atoms with Gasteiger partial charge in [0.05, 0.1) is 17.1 Å². The molecule has 2 aromatic carbocycles. The second kappa shape index (κ2) is 6.81. The Morgan fingerprint density at radius 3 is 2.62 bits per heavy atom. The summed E-state index contributed by atoms with van der Waals surface area (Å²) < 4.78 is 1.77. The molecule has 0 bridgehead atoms. The van der Waals surface area contributed by atoms with Crippen molar-refractivity contribution in [1.82, 2.24) is 9.55 Å². The molecule has 0 aliphatic heterocycles. The summed E-state index contributed by atoms with van der Waals surface area (Å²) >= 11 is 0. The van der Waals surface area contributed by atoms with Crippen molar-refractivity contribution < 1.29 is 9.59 Å². The van der Waals surface area contributed by atoms with Gasteiger partial charge in [-0.2, -0.15) is 5.26 Å². The molecule has 0 radical (unpaired) electrons. The lowest BCUT2D eigenvalue weighted by molar-refractivity contribution is -0.114. The topological polar surface area (TPSA) is 87.8 Å². The summed E-state index contributed by atoms with van der Waals surface area (Å²) in [4.78, 5) is 28.8. The number of nitriles is 1. The summed E-state index contributed by atoms with van der Waals surface area (Å²) in [5.74, 6) is -1.19. The minimum atomic E-state index is -1.03. The molecule has 6 nitrogen and oxygen atoms in total. The van der Waals surface area contributed by atoms with Gasteiger partial charge in [0, 0.05) is 25.2 Å². The largest absolute Gasteiger partial charge is 0.330 e. The van der Waals surface area contributed by atoms with E-state index in [9.17, 15) is 14.9 Å². The highest BCUT2D eigenvalue weighted by molar-refractivity contribution is 6.04. The van der Waals surface area contributed by atoms with Crippen molar-refractivity contribution in [1.29, 1.82) is 5.26 Å². The van der Waals surface area contributed by atoms with Gasteiger partial charge in [0.15, 0.2) is 11.7 Å². The average molecular weight is 346 g/mol. The standard InChI is InChI=1S/C20H18N4O2/c1-12-8-9-14(10-17(12)22-13(2)25)19(26)15(11-21)20-23-16-6-4-5-7-18(16)24(20)3/h4-10,15H,1-3H3,(H,22,25). The molecule has 3 aromatic rings. The van der Waals surface area contributed by atoms with Crippen LogP contribution in [0.5, 0.6) is 0 Å². The van der Waals surface area contributed by atoms with E-state index in [0.29, 0.717) is 17.1 Å². The maximum atomic E-state index is 13.0. The van der Waals surface area contributed by atoms with E-state index in [2.05, 4.69) is 16.4 Å². The van der Waals surface area contributed by atoms with E-state index in [1.165, 1.54) is 6.92 Å². The summed E-state index contributed by atoms with van der Waals surface area (Å²) in [5.41, 5.74) is 3.36. The average Bonchev–Trinajstić information content (AvgIpc) is 2.94. The predicted molar refractivity (Wildman–Crippen MR) is 98.9 cm³/mol. The van der Waals surface area contributed by atoms with Crippen LogP contribution in [-0.2, 0) is 11.8 Å². The third-order valence-corrected chi connectivity index (χ3v) is 4.30. The van der Waals surface area contributed by atoms with Crippen molar-refractivity contribution in [3.63, 3.8) is 0 Å². The van der Waals surface area contributed by atoms with Gasteiger partial charge in [0.1, 0.15) is 5.82 Å². The van der Waals surface area contributed by atoms with Crippen LogP contribution in [0.1, 0.15) is 34.6 Å². The van der Waals surface area contributed by atoms with Crippen molar-refractivity contribution in [2.75, 3.05) is 5.32 Å². The fraction of sp³-hybridized carbons (Fsp3) is 0.200. The molecule has 1 amide bonds. The Morgan fingerprint density at radius 2 is 1.96 bits per heavy atom. The number of Topliss-reactive ketones (excluding diaryl/α,β-unsaturated/α-hetero) is 1. The molecule has 0 aliphatic carbocycles. The molecular formula is C20H18N4O2. The Balaban J connectivity index is 2.03. The van der Waals surface area contributed by atoms with Crippen LogP contribution in [0.2, 0.25) is 0 Å². The number of amides is 1. The first-order valence-electron chi connectivity index (χ1n) is 8.15. The van der Waals surface area contributed by atoms with Crippen LogP contribution in [0.25, 0.3) is 11.0 Å². The van der Waals surface area contributed by atoms with E-state index in [1.807, 2.05) is 31.2 Å². The number of imidazole rings is 1. The fourth-order valence-corrected chi connectivity index (χ4v) is 2.92. The van der Waals surface area contributed by atoms with Crippen molar-refractivity contribution >= 4 is 28.4 Å². The molecule has 130 valence electrons. The van der Waals surface area contributed by atoms with Gasteiger partial charge >= 0.3 is 0 Å². The van der Waals surface area contributed by atoms with Crippen LogP contribution in [0.3, 0.4) is 0 Å². The highest BCUT2D eigenvalue weighted by atomic mass is 16.1. The number of carbonyl (C=O) groups excluding carboxylic acids is 2. The number of hydrogen-bond donors (Lipinski definition) is 1. The van der Waals surface area contributed by atoms with Crippen molar-refractivity contribution in [3.8, 4) is 6.07 Å². The molecule has 0 spiro atoms. The second-order valence-electron chi connectivity index (χ2n) is 6.15. The van der Waals surface area contributed by atoms with Gasteiger partial charge in [-0.25, -0.2) is 4.98 Å². The highest BCUT2D eigenvalue weighted by Crippen LogP contribution is 2.26. The summed E-state index contributed by atoms with van der Waals surface area (Å²) in [6.45, 7) is 3.25. The second-order valence-corrected chi connectivity index (χ2v) is 6.15. The van der Waals surface area contributed by atoms with E-state index in [1.54, 1.807) is 29.8 Å². The van der Waals surface area contributed by atoms with Crippen molar-refractivity contribution in [2.24, 2.45) is 7.05 Å². The van der Waals surface area contributed by atoms with Gasteiger partial charge in [-0.3, -0.25) is 9.59 Å². The zero-order valence-electron chi connectivity index (χ0n) is 14.8. The molecule has 0 aliphatic rings. The third-order valence-electron chi connectivity index (χ3n) is 4.30. The number of nitrogens with one attached hydrogen (secondary N) is 1. The Bertz CT molecular complexity index is 1060. The van der Waals surface area contributed by atoms with Crippen LogP contribution < -0.4 is 5.32 Å². The molecular weight excluding hydrogens is 328 g/mol. The number of para-hydroxylation sites is 2. The molecule has 0 saturated heterocycles. The number of benzene rings is 2. The van der Waals surface area contributed by atoms with E-state index < -0.39 is 5.92 Å². The quantitative estimate of drug-likeness (QED) is 0.734. The number of fused-ring (bicyclic) bond motifs is 1. The maximum absolute atomic E-state index is 13.0. The monoisotopic (exact) mass is 346 g/mol. The van der Waals surface area contributed by atoms with Crippen LogP contribution >= 0.6 is 0 Å². The number of hydrogen-bond acceptors (Lipinski definition) is 4. The number of ketones is 1. The molecule has 1 unspecified atom stereocenters. The number of aryl methyl sites for hydroxylation is 2.